The third kappa shape index (κ3) is 4.32. The molecule has 1 amide bonds. The number of likely N-dealkylation sites (tertiary alicyclic amines) is 1. The van der Waals surface area contributed by atoms with Crippen LogP contribution >= 0.6 is 0 Å². The van der Waals surface area contributed by atoms with Gasteiger partial charge in [-0.2, -0.15) is 0 Å². The molecule has 3 rings (SSSR count). The van der Waals surface area contributed by atoms with Gasteiger partial charge in [0.05, 0.1) is 11.7 Å². The second-order valence-electron chi connectivity index (χ2n) is 8.07. The van der Waals surface area contributed by atoms with E-state index in [-0.39, 0.29) is 17.6 Å². The number of nitrogens with zero attached hydrogens (tertiary/aromatic N) is 2. The van der Waals surface area contributed by atoms with E-state index in [9.17, 15) is 18.7 Å². The molecule has 1 aliphatic heterocycles. The number of ether oxygens (including phenoxy) is 1. The van der Waals surface area contributed by atoms with Gasteiger partial charge in [-0.15, -0.1) is 0 Å². The van der Waals surface area contributed by atoms with Gasteiger partial charge >= 0.3 is 6.09 Å². The molecule has 0 spiro atoms. The van der Waals surface area contributed by atoms with Crippen molar-refractivity contribution in [2.45, 2.75) is 32.7 Å². The Bertz CT molecular complexity index is 971. The van der Waals surface area contributed by atoms with Crippen molar-refractivity contribution in [1.82, 2.24) is 9.88 Å². The van der Waals surface area contributed by atoms with Crippen LogP contribution in [0.1, 0.15) is 38.3 Å². The fraction of sp³-hybridized carbons (Fsp3) is 0.364. The SMILES string of the molecule is CC(C)(C)C1(COc2cncc(C#Cc3cc(F)cc(F)c3)c2)CCN1C(=O)O. The van der Waals surface area contributed by atoms with Crippen molar-refractivity contribution >= 4 is 6.09 Å². The van der Waals surface area contributed by atoms with E-state index in [1.807, 2.05) is 20.8 Å². The fourth-order valence-electron chi connectivity index (χ4n) is 3.46. The van der Waals surface area contributed by atoms with Crippen molar-refractivity contribution in [3.05, 3.63) is 59.4 Å². The van der Waals surface area contributed by atoms with Crippen LogP contribution in [-0.4, -0.2) is 39.8 Å². The lowest BCUT2D eigenvalue weighted by molar-refractivity contribution is -0.0962. The quantitative estimate of drug-likeness (QED) is 0.780. The Labute approximate surface area is 168 Å². The van der Waals surface area contributed by atoms with Crippen LogP contribution < -0.4 is 4.74 Å². The first-order valence-corrected chi connectivity index (χ1v) is 9.17. The van der Waals surface area contributed by atoms with Crippen LogP contribution in [0.3, 0.4) is 0 Å². The van der Waals surface area contributed by atoms with Crippen molar-refractivity contribution in [1.29, 1.82) is 0 Å². The lowest BCUT2D eigenvalue weighted by atomic mass is 9.66. The van der Waals surface area contributed by atoms with Gasteiger partial charge in [-0.05, 0) is 30.0 Å². The first kappa shape index (κ1) is 20.6. The smallest absolute Gasteiger partial charge is 0.407 e. The predicted molar refractivity (Wildman–Crippen MR) is 104 cm³/mol. The lowest BCUT2D eigenvalue weighted by Crippen LogP contribution is -2.70. The molecule has 152 valence electrons. The number of pyridine rings is 1. The Morgan fingerprint density at radius 2 is 1.83 bits per heavy atom. The zero-order valence-corrected chi connectivity index (χ0v) is 16.5. The standard InChI is InChI=1S/C22H22F2N2O3/c1-21(2,3)22(6-7-26(22)20(27)28)14-29-19-10-16(12-25-13-19)5-4-15-8-17(23)11-18(24)9-15/h8-13H,6-7,14H2,1-3H3,(H,27,28). The molecule has 1 aromatic heterocycles. The van der Waals surface area contributed by atoms with Crippen LogP contribution in [0, 0.1) is 28.9 Å². The molecular formula is C22H22F2N2O3. The largest absolute Gasteiger partial charge is 0.489 e. The van der Waals surface area contributed by atoms with Gasteiger partial charge in [0.1, 0.15) is 24.0 Å². The highest BCUT2D eigenvalue weighted by Crippen LogP contribution is 2.45. The number of amides is 1. The number of carboxylic acid groups (broad SMARTS) is 1. The highest BCUT2D eigenvalue weighted by molar-refractivity contribution is 5.68. The van der Waals surface area contributed by atoms with Crippen LogP contribution in [0.25, 0.3) is 0 Å². The maximum absolute atomic E-state index is 13.3. The summed E-state index contributed by atoms with van der Waals surface area (Å²) in [5.74, 6) is 4.57. The normalized spacial score (nSPS) is 18.4. The number of hydrogen-bond donors (Lipinski definition) is 1. The van der Waals surface area contributed by atoms with Gasteiger partial charge < -0.3 is 9.84 Å². The highest BCUT2D eigenvalue weighted by Gasteiger charge is 2.55. The van der Waals surface area contributed by atoms with Gasteiger partial charge in [0, 0.05) is 29.9 Å². The molecule has 1 saturated heterocycles. The molecule has 1 unspecified atom stereocenters. The molecule has 29 heavy (non-hydrogen) atoms. The minimum Gasteiger partial charge on any atom is -0.489 e. The summed E-state index contributed by atoms with van der Waals surface area (Å²) in [6.45, 7) is 6.64. The molecule has 0 aliphatic carbocycles. The van der Waals surface area contributed by atoms with E-state index < -0.39 is 23.3 Å². The second kappa shape index (κ2) is 7.70. The molecule has 2 aromatic rings. The van der Waals surface area contributed by atoms with Crippen LogP contribution in [0.2, 0.25) is 0 Å². The maximum atomic E-state index is 13.3. The zero-order chi connectivity index (χ0) is 21.2. The summed E-state index contributed by atoms with van der Waals surface area (Å²) in [4.78, 5) is 17.1. The van der Waals surface area contributed by atoms with Gasteiger partial charge in [0.2, 0.25) is 0 Å². The Kier molecular flexibility index (Phi) is 5.47. The van der Waals surface area contributed by atoms with Crippen molar-refractivity contribution < 1.29 is 23.4 Å². The van der Waals surface area contributed by atoms with Gasteiger partial charge in [-0.25, -0.2) is 13.6 Å². The van der Waals surface area contributed by atoms with Crippen LogP contribution in [-0.2, 0) is 0 Å². The fourth-order valence-corrected chi connectivity index (χ4v) is 3.46. The third-order valence-corrected chi connectivity index (χ3v) is 5.30. The summed E-state index contributed by atoms with van der Waals surface area (Å²) >= 11 is 0. The molecule has 1 aromatic carbocycles. The second-order valence-corrected chi connectivity index (χ2v) is 8.07. The minimum absolute atomic E-state index is 0.191. The van der Waals surface area contributed by atoms with E-state index in [2.05, 4.69) is 16.8 Å². The van der Waals surface area contributed by atoms with E-state index in [4.69, 9.17) is 4.74 Å². The van der Waals surface area contributed by atoms with Gasteiger partial charge in [0.25, 0.3) is 0 Å². The highest BCUT2D eigenvalue weighted by atomic mass is 19.1. The van der Waals surface area contributed by atoms with Crippen LogP contribution in [0.5, 0.6) is 5.75 Å². The average molecular weight is 400 g/mol. The third-order valence-electron chi connectivity index (χ3n) is 5.30. The lowest BCUT2D eigenvalue weighted by Gasteiger charge is -2.57. The molecule has 5 nitrogen and oxygen atoms in total. The molecule has 1 atom stereocenters. The Balaban J connectivity index is 1.77. The monoisotopic (exact) mass is 400 g/mol. The van der Waals surface area contributed by atoms with E-state index in [0.717, 1.165) is 18.2 Å². The maximum Gasteiger partial charge on any atom is 0.407 e. The van der Waals surface area contributed by atoms with E-state index in [1.54, 1.807) is 6.07 Å². The summed E-state index contributed by atoms with van der Waals surface area (Å²) in [6, 6.07) is 4.74. The summed E-state index contributed by atoms with van der Waals surface area (Å²) in [7, 11) is 0. The molecular weight excluding hydrogens is 378 g/mol. The molecule has 1 fully saturated rings. The first-order chi connectivity index (χ1) is 13.6. The van der Waals surface area contributed by atoms with Crippen molar-refractivity contribution in [3.63, 3.8) is 0 Å². The topological polar surface area (TPSA) is 62.7 Å². The number of benzene rings is 1. The number of hydrogen-bond acceptors (Lipinski definition) is 3. The molecule has 1 N–H and O–H groups in total. The Morgan fingerprint density at radius 3 is 2.38 bits per heavy atom. The summed E-state index contributed by atoms with van der Waals surface area (Å²) in [6.07, 6.45) is 2.78. The van der Waals surface area contributed by atoms with Gasteiger partial charge in [-0.1, -0.05) is 32.6 Å². The van der Waals surface area contributed by atoms with Crippen molar-refractivity contribution in [3.8, 4) is 17.6 Å². The van der Waals surface area contributed by atoms with Crippen LogP contribution in [0.15, 0.2) is 36.7 Å². The number of rotatable bonds is 3. The van der Waals surface area contributed by atoms with Gasteiger partial charge in [-0.3, -0.25) is 9.88 Å². The van der Waals surface area contributed by atoms with Crippen LogP contribution in [0.4, 0.5) is 13.6 Å². The number of aromatic nitrogens is 1. The summed E-state index contributed by atoms with van der Waals surface area (Å²) < 4.78 is 32.4. The summed E-state index contributed by atoms with van der Waals surface area (Å²) in [5, 5.41) is 9.48. The van der Waals surface area contributed by atoms with Crippen molar-refractivity contribution in [2.75, 3.05) is 13.2 Å². The minimum atomic E-state index is -0.963. The Morgan fingerprint density at radius 1 is 1.17 bits per heavy atom. The molecule has 0 saturated carbocycles. The molecule has 7 heteroatoms. The zero-order valence-electron chi connectivity index (χ0n) is 16.5. The average Bonchev–Trinajstić information content (AvgIpc) is 2.57. The number of carbonyl (C=O) groups is 1. The predicted octanol–water partition coefficient (Wildman–Crippen LogP) is 4.31. The van der Waals surface area contributed by atoms with Crippen molar-refractivity contribution in [2.24, 2.45) is 5.41 Å². The van der Waals surface area contributed by atoms with E-state index in [1.165, 1.54) is 17.3 Å². The van der Waals surface area contributed by atoms with Gasteiger partial charge in [0.15, 0.2) is 0 Å². The van der Waals surface area contributed by atoms with E-state index >= 15 is 0 Å². The summed E-state index contributed by atoms with van der Waals surface area (Å²) in [5.41, 5.74) is -0.206. The number of halogens is 2. The molecule has 2 heterocycles. The van der Waals surface area contributed by atoms with E-state index in [0.29, 0.717) is 24.3 Å². The molecule has 1 aliphatic rings. The molecule has 0 bridgehead atoms. The first-order valence-electron chi connectivity index (χ1n) is 9.17. The molecule has 0 radical (unpaired) electrons. The Hall–Kier alpha value is -3.14.